The van der Waals surface area contributed by atoms with Crippen LogP contribution in [0, 0.1) is 32.1 Å². The second-order valence-electron chi connectivity index (χ2n) is 8.98. The van der Waals surface area contributed by atoms with Gasteiger partial charge in [-0.15, -0.1) is 0 Å². The van der Waals surface area contributed by atoms with Crippen molar-refractivity contribution in [3.05, 3.63) is 97.6 Å². The number of hydrogen-bond acceptors (Lipinski definition) is 5. The zero-order valence-corrected chi connectivity index (χ0v) is 16.8. The first-order chi connectivity index (χ1) is 15.0. The zero-order chi connectivity index (χ0) is 21.3. The van der Waals surface area contributed by atoms with Gasteiger partial charge in [0.15, 0.2) is 0 Å². The first-order valence-corrected chi connectivity index (χ1v) is 10.7. The number of rotatable bonds is 3. The molecule has 0 bridgehead atoms. The summed E-state index contributed by atoms with van der Waals surface area (Å²) in [4.78, 5) is 24.9. The lowest BCUT2D eigenvalue weighted by atomic mass is 9.70. The van der Waals surface area contributed by atoms with E-state index in [1.165, 1.54) is 6.07 Å². The largest absolute Gasteiger partial charge is 0.363 e. The number of nitrogens with zero attached hydrogens (tertiary/aromatic N) is 3. The van der Waals surface area contributed by atoms with E-state index in [2.05, 4.69) is 29.2 Å². The molecule has 0 fully saturated rings. The lowest BCUT2D eigenvalue weighted by molar-refractivity contribution is -0.385. The van der Waals surface area contributed by atoms with Gasteiger partial charge in [-0.1, -0.05) is 36.4 Å². The fourth-order valence-corrected chi connectivity index (χ4v) is 6.27. The van der Waals surface area contributed by atoms with Gasteiger partial charge < -0.3 is 4.90 Å². The minimum absolute atomic E-state index is 0.00848. The zero-order valence-electron chi connectivity index (χ0n) is 16.8. The molecular formula is C24H21N3O4. The molecule has 0 unspecified atom stereocenters. The van der Waals surface area contributed by atoms with Gasteiger partial charge in [-0.2, -0.15) is 0 Å². The molecule has 0 spiro atoms. The molecule has 6 rings (SSSR count). The molecule has 0 saturated heterocycles. The van der Waals surface area contributed by atoms with Gasteiger partial charge in [0.1, 0.15) is 0 Å². The van der Waals surface area contributed by atoms with Crippen LogP contribution in [0.4, 0.5) is 17.1 Å². The quantitative estimate of drug-likeness (QED) is 0.380. The maximum absolute atomic E-state index is 11.7. The van der Waals surface area contributed by atoms with Crippen molar-refractivity contribution in [2.75, 3.05) is 11.4 Å². The molecule has 4 aliphatic rings. The Labute approximate surface area is 179 Å². The van der Waals surface area contributed by atoms with E-state index in [0.29, 0.717) is 5.92 Å². The molecule has 2 heterocycles. The Hall–Kier alpha value is -3.48. The molecule has 2 aromatic carbocycles. The summed E-state index contributed by atoms with van der Waals surface area (Å²) >= 11 is 0. The van der Waals surface area contributed by atoms with Crippen molar-refractivity contribution in [3.8, 4) is 0 Å². The van der Waals surface area contributed by atoms with E-state index < -0.39 is 0 Å². The minimum Gasteiger partial charge on any atom is -0.363 e. The van der Waals surface area contributed by atoms with Gasteiger partial charge >= 0.3 is 0 Å². The molecule has 2 aliphatic carbocycles. The number of non-ortho nitro benzene ring substituents is 2. The highest BCUT2D eigenvalue weighted by Gasteiger charge is 2.48. The lowest BCUT2D eigenvalue weighted by Crippen LogP contribution is -2.46. The van der Waals surface area contributed by atoms with Crippen LogP contribution in [0.2, 0.25) is 0 Å². The predicted molar refractivity (Wildman–Crippen MR) is 116 cm³/mol. The molecular weight excluding hydrogens is 394 g/mol. The van der Waals surface area contributed by atoms with E-state index >= 15 is 0 Å². The number of benzene rings is 2. The Balaban J connectivity index is 1.58. The molecule has 5 atom stereocenters. The van der Waals surface area contributed by atoms with E-state index in [0.717, 1.165) is 41.8 Å². The van der Waals surface area contributed by atoms with Gasteiger partial charge in [-0.3, -0.25) is 20.2 Å². The summed E-state index contributed by atoms with van der Waals surface area (Å²) in [5.41, 5.74) is 4.37. The molecule has 2 aromatic rings. The molecule has 31 heavy (non-hydrogen) atoms. The Morgan fingerprint density at radius 1 is 0.871 bits per heavy atom. The molecule has 0 aromatic heterocycles. The summed E-state index contributed by atoms with van der Waals surface area (Å²) in [6, 6.07) is 10.5. The Kier molecular flexibility index (Phi) is 3.84. The maximum atomic E-state index is 11.7. The number of fused-ring (bicyclic) bond motifs is 4. The third-order valence-electron chi connectivity index (χ3n) is 7.47. The summed E-state index contributed by atoms with van der Waals surface area (Å²) in [5.74, 6) is 0.846. The SMILES string of the molecule is O=[N+]([O-])c1cccc([C@H]2[C@@H]3CC=C[C@@H]3c3cc([N+](=O)[O-])cc4c3N2C[C@H]2CC=C[C@H]42)c1. The number of nitro benzene ring substituents is 2. The first-order valence-electron chi connectivity index (χ1n) is 10.7. The van der Waals surface area contributed by atoms with Crippen LogP contribution in [-0.4, -0.2) is 16.4 Å². The van der Waals surface area contributed by atoms with Crippen molar-refractivity contribution < 1.29 is 9.85 Å². The van der Waals surface area contributed by atoms with Gasteiger partial charge in [-0.05, 0) is 41.4 Å². The van der Waals surface area contributed by atoms with Crippen molar-refractivity contribution in [2.24, 2.45) is 11.8 Å². The molecule has 156 valence electrons. The molecule has 0 radical (unpaired) electrons. The molecule has 7 heteroatoms. The van der Waals surface area contributed by atoms with Crippen molar-refractivity contribution in [2.45, 2.75) is 30.7 Å². The second kappa shape index (κ2) is 6.51. The van der Waals surface area contributed by atoms with Crippen LogP contribution >= 0.6 is 0 Å². The summed E-state index contributed by atoms with van der Waals surface area (Å²) in [7, 11) is 0. The van der Waals surface area contributed by atoms with Crippen LogP contribution in [0.25, 0.3) is 0 Å². The fraction of sp³-hybridized carbons (Fsp3) is 0.333. The second-order valence-corrected chi connectivity index (χ2v) is 8.98. The Bertz CT molecular complexity index is 1170. The van der Waals surface area contributed by atoms with Crippen molar-refractivity contribution in [3.63, 3.8) is 0 Å². The Morgan fingerprint density at radius 3 is 2.35 bits per heavy atom. The molecule has 0 N–H and O–H groups in total. The number of allylic oxidation sites excluding steroid dienone is 4. The minimum atomic E-state index is -0.341. The maximum Gasteiger partial charge on any atom is 0.270 e. The third kappa shape index (κ3) is 2.59. The van der Waals surface area contributed by atoms with Gasteiger partial charge in [0.2, 0.25) is 0 Å². The average Bonchev–Trinajstić information content (AvgIpc) is 3.43. The smallest absolute Gasteiger partial charge is 0.270 e. The van der Waals surface area contributed by atoms with Crippen LogP contribution < -0.4 is 4.90 Å². The Morgan fingerprint density at radius 2 is 1.58 bits per heavy atom. The van der Waals surface area contributed by atoms with Crippen molar-refractivity contribution >= 4 is 17.1 Å². The predicted octanol–water partition coefficient (Wildman–Crippen LogP) is 5.40. The average molecular weight is 415 g/mol. The standard InChI is InChI=1S/C24H21N3O4/c28-26(29)16-6-1-4-14(10-16)23-20-9-3-8-19(20)22-12-17(27(30)31)11-21-18-7-2-5-15(18)13-25(23)24(21)22/h1-4,6-8,10-12,15,18-20,23H,5,9,13H2/t15-,18+,19+,20-,23+/m1/s1. The van der Waals surface area contributed by atoms with Gasteiger partial charge in [-0.25, -0.2) is 0 Å². The molecule has 2 aliphatic heterocycles. The lowest BCUT2D eigenvalue weighted by Gasteiger charge is -2.51. The topological polar surface area (TPSA) is 89.5 Å². The van der Waals surface area contributed by atoms with Gasteiger partial charge in [0.25, 0.3) is 11.4 Å². The van der Waals surface area contributed by atoms with E-state index in [4.69, 9.17) is 0 Å². The van der Waals surface area contributed by atoms with Crippen molar-refractivity contribution in [1.82, 2.24) is 0 Å². The van der Waals surface area contributed by atoms with E-state index in [1.54, 1.807) is 24.3 Å². The monoisotopic (exact) mass is 415 g/mol. The van der Waals surface area contributed by atoms with Crippen LogP contribution in [0.5, 0.6) is 0 Å². The highest BCUT2D eigenvalue weighted by Crippen LogP contribution is 2.59. The molecule has 7 nitrogen and oxygen atoms in total. The summed E-state index contributed by atoms with van der Waals surface area (Å²) in [5, 5.41) is 23.2. The van der Waals surface area contributed by atoms with E-state index in [9.17, 15) is 20.2 Å². The first kappa shape index (κ1) is 18.3. The van der Waals surface area contributed by atoms with Gasteiger partial charge in [0.05, 0.1) is 15.9 Å². The van der Waals surface area contributed by atoms with E-state index in [1.807, 2.05) is 6.07 Å². The third-order valence-corrected chi connectivity index (χ3v) is 7.47. The molecule has 0 amide bonds. The summed E-state index contributed by atoms with van der Waals surface area (Å²) in [6.45, 7) is 0.853. The summed E-state index contributed by atoms with van der Waals surface area (Å²) in [6.07, 6.45) is 10.5. The normalized spacial score (nSPS) is 29.4. The number of nitro groups is 2. The van der Waals surface area contributed by atoms with Gasteiger partial charge in [0, 0.05) is 48.3 Å². The highest BCUT2D eigenvalue weighted by atomic mass is 16.6. The van der Waals surface area contributed by atoms with Crippen LogP contribution in [0.3, 0.4) is 0 Å². The number of hydrogen-bond donors (Lipinski definition) is 0. The summed E-state index contributed by atoms with van der Waals surface area (Å²) < 4.78 is 0. The highest BCUT2D eigenvalue weighted by molar-refractivity contribution is 5.72. The molecule has 0 saturated carbocycles. The van der Waals surface area contributed by atoms with E-state index in [-0.39, 0.29) is 45.0 Å². The number of anilines is 1. The van der Waals surface area contributed by atoms with Crippen molar-refractivity contribution in [1.29, 1.82) is 0 Å². The van der Waals surface area contributed by atoms with Crippen LogP contribution in [0.1, 0.15) is 47.4 Å². The van der Waals surface area contributed by atoms with Crippen LogP contribution in [0.15, 0.2) is 60.7 Å². The van der Waals surface area contributed by atoms with Crippen LogP contribution in [-0.2, 0) is 0 Å². The fourth-order valence-electron chi connectivity index (χ4n) is 6.27.